The number of benzene rings is 1. The van der Waals surface area contributed by atoms with Crippen LogP contribution in [0, 0.1) is 0 Å². The summed E-state index contributed by atoms with van der Waals surface area (Å²) in [7, 11) is 0. The van der Waals surface area contributed by atoms with E-state index in [2.05, 4.69) is 10.1 Å². The van der Waals surface area contributed by atoms with Gasteiger partial charge in [0.05, 0.1) is 29.4 Å². The van der Waals surface area contributed by atoms with E-state index in [0.717, 1.165) is 11.1 Å². The summed E-state index contributed by atoms with van der Waals surface area (Å²) in [6, 6.07) is 8.88. The lowest BCUT2D eigenvalue weighted by atomic mass is 10.0. The third-order valence-corrected chi connectivity index (χ3v) is 3.69. The molecule has 0 radical (unpaired) electrons. The largest absolute Gasteiger partial charge is 0.478 e. The van der Waals surface area contributed by atoms with E-state index in [-0.39, 0.29) is 18.2 Å². The van der Waals surface area contributed by atoms with Crippen molar-refractivity contribution in [1.29, 1.82) is 0 Å². The number of hydrogen-bond acceptors (Lipinski definition) is 4. The predicted octanol–water partition coefficient (Wildman–Crippen LogP) is 2.87. The molecule has 0 spiro atoms. The van der Waals surface area contributed by atoms with Crippen molar-refractivity contribution >= 4 is 17.0 Å². The summed E-state index contributed by atoms with van der Waals surface area (Å²) < 4.78 is 1.71. The summed E-state index contributed by atoms with van der Waals surface area (Å²) in [6.07, 6.45) is 1.54. The standard InChI is InChI=1S/C17H17N3O3/c1-10(2)20-16-14(8-18-20)13(17(22)23)7-15(19-16)12-5-3-4-11(6-12)9-21/h3-8,10,21H,9H2,1-2H3,(H,22,23). The van der Waals surface area contributed by atoms with Crippen LogP contribution in [0.5, 0.6) is 0 Å². The first kappa shape index (κ1) is 15.2. The molecule has 0 unspecified atom stereocenters. The zero-order chi connectivity index (χ0) is 16.6. The molecule has 6 nitrogen and oxygen atoms in total. The van der Waals surface area contributed by atoms with E-state index in [1.807, 2.05) is 26.0 Å². The average molecular weight is 311 g/mol. The van der Waals surface area contributed by atoms with Gasteiger partial charge in [0.2, 0.25) is 0 Å². The van der Waals surface area contributed by atoms with Crippen molar-refractivity contribution in [3.63, 3.8) is 0 Å². The Bertz CT molecular complexity index is 884. The molecule has 0 aliphatic rings. The maximum atomic E-state index is 11.6. The Morgan fingerprint density at radius 2 is 2.09 bits per heavy atom. The SMILES string of the molecule is CC(C)n1ncc2c(C(=O)O)cc(-c3cccc(CO)c3)nc21. The number of fused-ring (bicyclic) bond motifs is 1. The van der Waals surface area contributed by atoms with Gasteiger partial charge in [0, 0.05) is 11.6 Å². The number of nitrogens with zero attached hydrogens (tertiary/aromatic N) is 3. The topological polar surface area (TPSA) is 88.2 Å². The van der Waals surface area contributed by atoms with Gasteiger partial charge in [0.25, 0.3) is 0 Å². The number of rotatable bonds is 4. The fourth-order valence-electron chi connectivity index (χ4n) is 2.55. The van der Waals surface area contributed by atoms with Gasteiger partial charge in [-0.25, -0.2) is 14.5 Å². The van der Waals surface area contributed by atoms with E-state index in [0.29, 0.717) is 16.7 Å². The van der Waals surface area contributed by atoms with E-state index < -0.39 is 5.97 Å². The first-order chi connectivity index (χ1) is 11.0. The summed E-state index contributed by atoms with van der Waals surface area (Å²) in [5.74, 6) is -1.01. The maximum absolute atomic E-state index is 11.6. The summed E-state index contributed by atoms with van der Waals surface area (Å²) >= 11 is 0. The fourth-order valence-corrected chi connectivity index (χ4v) is 2.55. The average Bonchev–Trinajstić information content (AvgIpc) is 2.97. The van der Waals surface area contributed by atoms with Crippen LogP contribution in [0.3, 0.4) is 0 Å². The lowest BCUT2D eigenvalue weighted by molar-refractivity contribution is 0.0699. The molecular weight excluding hydrogens is 294 g/mol. The van der Waals surface area contributed by atoms with E-state index in [9.17, 15) is 15.0 Å². The second-order valence-corrected chi connectivity index (χ2v) is 5.64. The van der Waals surface area contributed by atoms with Crippen LogP contribution in [0.4, 0.5) is 0 Å². The number of pyridine rings is 1. The van der Waals surface area contributed by atoms with Crippen molar-refractivity contribution in [2.75, 3.05) is 0 Å². The van der Waals surface area contributed by atoms with Crippen LogP contribution in [0.15, 0.2) is 36.5 Å². The lowest BCUT2D eigenvalue weighted by Gasteiger charge is -2.09. The van der Waals surface area contributed by atoms with E-state index >= 15 is 0 Å². The first-order valence-corrected chi connectivity index (χ1v) is 7.33. The second kappa shape index (κ2) is 5.81. The van der Waals surface area contributed by atoms with Crippen LogP contribution in [0.25, 0.3) is 22.3 Å². The molecule has 3 aromatic rings. The Morgan fingerprint density at radius 1 is 1.30 bits per heavy atom. The van der Waals surface area contributed by atoms with Crippen LogP contribution in [0.2, 0.25) is 0 Å². The van der Waals surface area contributed by atoms with Gasteiger partial charge < -0.3 is 10.2 Å². The minimum Gasteiger partial charge on any atom is -0.478 e. The number of carbonyl (C=O) groups is 1. The van der Waals surface area contributed by atoms with Gasteiger partial charge in [-0.1, -0.05) is 18.2 Å². The van der Waals surface area contributed by atoms with Gasteiger partial charge in [-0.3, -0.25) is 0 Å². The molecule has 23 heavy (non-hydrogen) atoms. The van der Waals surface area contributed by atoms with Crippen LogP contribution in [0.1, 0.15) is 35.8 Å². The molecule has 0 aliphatic carbocycles. The quantitative estimate of drug-likeness (QED) is 0.773. The highest BCUT2D eigenvalue weighted by atomic mass is 16.4. The Kier molecular flexibility index (Phi) is 3.83. The molecule has 0 atom stereocenters. The van der Waals surface area contributed by atoms with Gasteiger partial charge in [-0.05, 0) is 31.5 Å². The highest BCUT2D eigenvalue weighted by Crippen LogP contribution is 2.26. The Labute approximate surface area is 133 Å². The molecule has 0 saturated heterocycles. The molecule has 6 heteroatoms. The minimum absolute atomic E-state index is 0.0701. The number of hydrogen-bond donors (Lipinski definition) is 2. The van der Waals surface area contributed by atoms with Crippen LogP contribution in [-0.2, 0) is 6.61 Å². The molecule has 2 N–H and O–H groups in total. The molecule has 0 amide bonds. The normalized spacial score (nSPS) is 11.3. The first-order valence-electron chi connectivity index (χ1n) is 7.33. The Balaban J connectivity index is 2.28. The predicted molar refractivity (Wildman–Crippen MR) is 86.2 cm³/mol. The minimum atomic E-state index is -1.01. The van der Waals surface area contributed by atoms with Gasteiger partial charge in [0.1, 0.15) is 0 Å². The van der Waals surface area contributed by atoms with Gasteiger partial charge in [-0.15, -0.1) is 0 Å². The number of carboxylic acid groups (broad SMARTS) is 1. The molecule has 1 aromatic carbocycles. The lowest BCUT2D eigenvalue weighted by Crippen LogP contribution is -2.05. The highest BCUT2D eigenvalue weighted by Gasteiger charge is 2.17. The fraction of sp³-hybridized carbons (Fsp3) is 0.235. The summed E-state index contributed by atoms with van der Waals surface area (Å²) in [4.78, 5) is 16.2. The van der Waals surface area contributed by atoms with E-state index in [4.69, 9.17) is 0 Å². The van der Waals surface area contributed by atoms with Crippen LogP contribution >= 0.6 is 0 Å². The second-order valence-electron chi connectivity index (χ2n) is 5.64. The molecule has 2 heterocycles. The maximum Gasteiger partial charge on any atom is 0.336 e. The zero-order valence-corrected chi connectivity index (χ0v) is 12.9. The molecular formula is C17H17N3O3. The molecule has 0 bridgehead atoms. The molecule has 2 aromatic heterocycles. The van der Waals surface area contributed by atoms with Crippen LogP contribution in [-0.4, -0.2) is 30.9 Å². The number of carboxylic acids is 1. The number of aliphatic hydroxyl groups excluding tert-OH is 1. The van der Waals surface area contributed by atoms with Gasteiger partial charge >= 0.3 is 5.97 Å². The van der Waals surface area contributed by atoms with Crippen LogP contribution < -0.4 is 0 Å². The summed E-state index contributed by atoms with van der Waals surface area (Å²) in [6.45, 7) is 3.85. The highest BCUT2D eigenvalue weighted by molar-refractivity contribution is 6.02. The number of aromatic nitrogens is 3. The van der Waals surface area contributed by atoms with Gasteiger partial charge in [0.15, 0.2) is 5.65 Å². The molecule has 0 fully saturated rings. The molecule has 118 valence electrons. The van der Waals surface area contributed by atoms with Gasteiger partial charge in [-0.2, -0.15) is 5.10 Å². The van der Waals surface area contributed by atoms with Crippen molar-refractivity contribution < 1.29 is 15.0 Å². The Hall–Kier alpha value is -2.73. The van der Waals surface area contributed by atoms with Crippen molar-refractivity contribution in [3.8, 4) is 11.3 Å². The van der Waals surface area contributed by atoms with Crippen molar-refractivity contribution in [2.45, 2.75) is 26.5 Å². The monoisotopic (exact) mass is 311 g/mol. The third-order valence-electron chi connectivity index (χ3n) is 3.69. The molecule has 0 saturated carbocycles. The van der Waals surface area contributed by atoms with E-state index in [1.165, 1.54) is 0 Å². The third kappa shape index (κ3) is 2.68. The van der Waals surface area contributed by atoms with Crippen molar-refractivity contribution in [3.05, 3.63) is 47.7 Å². The zero-order valence-electron chi connectivity index (χ0n) is 12.9. The number of aromatic carboxylic acids is 1. The number of aliphatic hydroxyl groups is 1. The Morgan fingerprint density at radius 3 is 2.74 bits per heavy atom. The molecule has 3 rings (SSSR count). The smallest absolute Gasteiger partial charge is 0.336 e. The summed E-state index contributed by atoms with van der Waals surface area (Å²) in [5, 5.41) is 23.6. The van der Waals surface area contributed by atoms with Crippen molar-refractivity contribution in [2.24, 2.45) is 0 Å². The molecule has 0 aliphatic heterocycles. The van der Waals surface area contributed by atoms with E-state index in [1.54, 1.807) is 29.1 Å². The van der Waals surface area contributed by atoms with Crippen molar-refractivity contribution in [1.82, 2.24) is 14.8 Å². The summed E-state index contributed by atoms with van der Waals surface area (Å²) in [5.41, 5.74) is 2.78.